The van der Waals surface area contributed by atoms with Gasteiger partial charge >= 0.3 is 5.97 Å². The molecule has 1 aliphatic heterocycles. The molecule has 37 heavy (non-hydrogen) atoms. The molecule has 3 aromatic rings. The Morgan fingerprint density at radius 2 is 1.84 bits per heavy atom. The van der Waals surface area contributed by atoms with E-state index in [4.69, 9.17) is 0 Å². The number of sulfonamides is 1. The quantitative estimate of drug-likeness (QED) is 0.241. The molecular weight excluding hydrogens is 494 g/mol. The Morgan fingerprint density at radius 3 is 2.46 bits per heavy atom. The van der Waals surface area contributed by atoms with E-state index in [0.717, 1.165) is 0 Å². The first-order chi connectivity index (χ1) is 17.5. The monoisotopic (exact) mass is 521 g/mol. The number of fused-ring (bicyclic) bond motifs is 1. The average Bonchev–Trinajstić information content (AvgIpc) is 3.32. The number of aliphatic carboxylic acids is 1. The van der Waals surface area contributed by atoms with Crippen molar-refractivity contribution in [2.24, 2.45) is 5.92 Å². The maximum atomic E-state index is 12.9. The lowest BCUT2D eigenvalue weighted by Crippen LogP contribution is -2.17. The van der Waals surface area contributed by atoms with Crippen LogP contribution < -0.4 is 10.0 Å². The smallest absolute Gasteiger partial charge is 0.306 e. The molecule has 1 aromatic heterocycles. The molecule has 2 aromatic carbocycles. The Labute approximate surface area is 214 Å². The summed E-state index contributed by atoms with van der Waals surface area (Å²) in [6.07, 6.45) is 2.08. The van der Waals surface area contributed by atoms with E-state index < -0.39 is 27.8 Å². The number of aryl methyl sites for hydroxylation is 1. The van der Waals surface area contributed by atoms with Crippen LogP contribution in [0.5, 0.6) is 0 Å². The molecule has 0 bridgehead atoms. The lowest BCUT2D eigenvalue weighted by molar-refractivity contribution is -0.141. The van der Waals surface area contributed by atoms with Crippen molar-refractivity contribution in [1.29, 1.82) is 0 Å². The number of hydrogen-bond donors (Lipinski definition) is 4. The van der Waals surface area contributed by atoms with Gasteiger partial charge < -0.3 is 15.4 Å². The van der Waals surface area contributed by atoms with Crippen LogP contribution in [-0.4, -0.2) is 36.2 Å². The normalized spacial score (nSPS) is 14.8. The Balaban J connectivity index is 1.77. The highest BCUT2D eigenvalue weighted by molar-refractivity contribution is 7.92. The predicted molar refractivity (Wildman–Crippen MR) is 141 cm³/mol. The van der Waals surface area contributed by atoms with E-state index in [2.05, 4.69) is 15.0 Å². The number of carboxylic acids is 1. The minimum absolute atomic E-state index is 0.104. The molecule has 0 saturated heterocycles. The number of carbonyl (C=O) groups is 3. The molecule has 0 aliphatic carbocycles. The summed E-state index contributed by atoms with van der Waals surface area (Å²) in [5.74, 6) is -2.27. The second-order valence-electron chi connectivity index (χ2n) is 8.91. The van der Waals surface area contributed by atoms with E-state index in [0.29, 0.717) is 40.2 Å². The zero-order valence-electron chi connectivity index (χ0n) is 20.6. The summed E-state index contributed by atoms with van der Waals surface area (Å²) in [4.78, 5) is 40.2. The molecular formula is C27H27N3O6S. The van der Waals surface area contributed by atoms with E-state index in [1.807, 2.05) is 0 Å². The van der Waals surface area contributed by atoms with Gasteiger partial charge in [0.2, 0.25) is 0 Å². The van der Waals surface area contributed by atoms with Crippen molar-refractivity contribution < 1.29 is 27.9 Å². The maximum absolute atomic E-state index is 12.9. The van der Waals surface area contributed by atoms with Crippen LogP contribution in [0.2, 0.25) is 0 Å². The van der Waals surface area contributed by atoms with Gasteiger partial charge in [-0.3, -0.25) is 19.1 Å². The summed E-state index contributed by atoms with van der Waals surface area (Å²) in [5, 5.41) is 12.4. The lowest BCUT2D eigenvalue weighted by atomic mass is 9.92. The number of carbonyl (C=O) groups excluding carboxylic acids is 2. The van der Waals surface area contributed by atoms with E-state index in [1.54, 1.807) is 56.3 Å². The fourth-order valence-corrected chi connectivity index (χ4v) is 5.59. The molecule has 10 heteroatoms. The van der Waals surface area contributed by atoms with Gasteiger partial charge in [0.1, 0.15) is 0 Å². The average molecular weight is 522 g/mol. The molecule has 0 radical (unpaired) electrons. The van der Waals surface area contributed by atoms with Crippen LogP contribution in [-0.2, 0) is 26.0 Å². The number of H-pyrrole nitrogens is 1. The molecule has 4 rings (SSSR count). The Bertz CT molecular complexity index is 1540. The van der Waals surface area contributed by atoms with Crippen molar-refractivity contribution >= 4 is 50.7 Å². The second kappa shape index (κ2) is 10.1. The van der Waals surface area contributed by atoms with Crippen LogP contribution >= 0.6 is 0 Å². The summed E-state index contributed by atoms with van der Waals surface area (Å²) in [5.41, 5.74) is 3.52. The third-order valence-electron chi connectivity index (χ3n) is 6.37. The minimum Gasteiger partial charge on any atom is -0.481 e. The van der Waals surface area contributed by atoms with Crippen LogP contribution in [0.15, 0.2) is 53.4 Å². The summed E-state index contributed by atoms with van der Waals surface area (Å²) in [6.45, 7) is 4.91. The van der Waals surface area contributed by atoms with Crippen molar-refractivity contribution in [2.75, 3.05) is 10.0 Å². The molecule has 1 aliphatic rings. The predicted octanol–water partition coefficient (Wildman–Crippen LogP) is 4.47. The zero-order valence-corrected chi connectivity index (χ0v) is 21.4. The van der Waals surface area contributed by atoms with Crippen LogP contribution in [0, 0.1) is 12.8 Å². The number of nitrogens with one attached hydrogen (secondary N) is 3. The van der Waals surface area contributed by atoms with E-state index in [9.17, 15) is 27.9 Å². The first-order valence-electron chi connectivity index (χ1n) is 11.7. The van der Waals surface area contributed by atoms with Gasteiger partial charge in [0.05, 0.1) is 16.4 Å². The van der Waals surface area contributed by atoms with Crippen LogP contribution in [0.3, 0.4) is 0 Å². The first kappa shape index (κ1) is 25.9. The third kappa shape index (κ3) is 5.19. The Morgan fingerprint density at radius 1 is 1.14 bits per heavy atom. The molecule has 9 nitrogen and oxygen atoms in total. The molecule has 1 atom stereocenters. The summed E-state index contributed by atoms with van der Waals surface area (Å²) in [6, 6.07) is 12.7. The number of hydrogen-bond acceptors (Lipinski definition) is 5. The van der Waals surface area contributed by atoms with Crippen LogP contribution in [0.25, 0.3) is 11.6 Å². The Kier molecular flexibility index (Phi) is 7.04. The molecule has 4 N–H and O–H groups in total. The number of aromatic nitrogens is 1. The number of anilines is 2. The Hall–Kier alpha value is -4.18. The number of aromatic amines is 1. The van der Waals surface area contributed by atoms with E-state index in [-0.39, 0.29) is 28.4 Å². The number of rotatable bonds is 9. The van der Waals surface area contributed by atoms with E-state index >= 15 is 0 Å². The largest absolute Gasteiger partial charge is 0.481 e. The highest BCUT2D eigenvalue weighted by Crippen LogP contribution is 2.37. The van der Waals surface area contributed by atoms with Gasteiger partial charge in [-0.1, -0.05) is 25.1 Å². The number of Topliss-reactive ketones (excluding diaryl/α,β-unsaturated/α-hetero) is 1. The van der Waals surface area contributed by atoms with Gasteiger partial charge in [-0.25, -0.2) is 8.42 Å². The molecule has 2 heterocycles. The molecule has 1 amide bonds. The number of carboxylic acid groups (broad SMARTS) is 1. The van der Waals surface area contributed by atoms with E-state index in [1.165, 1.54) is 19.1 Å². The minimum atomic E-state index is -3.84. The lowest BCUT2D eigenvalue weighted by Gasteiger charge is -2.11. The van der Waals surface area contributed by atoms with Crippen molar-refractivity contribution in [1.82, 2.24) is 4.98 Å². The summed E-state index contributed by atoms with van der Waals surface area (Å²) < 4.78 is 28.1. The van der Waals surface area contributed by atoms with Crippen LogP contribution in [0.4, 0.5) is 11.4 Å². The molecule has 1 unspecified atom stereocenters. The molecule has 0 spiro atoms. The SMILES string of the molecule is CCC(Cc1c(C=C2C(=O)Nc3ccc(NS(=O)(=O)c4ccccc4)cc32)[nH]c(C)c1C(C)=O)C(=O)O. The van der Waals surface area contributed by atoms with Crippen molar-refractivity contribution in [3.8, 4) is 0 Å². The first-order valence-corrected chi connectivity index (χ1v) is 13.2. The fourth-order valence-electron chi connectivity index (χ4n) is 4.52. The van der Waals surface area contributed by atoms with Crippen molar-refractivity contribution in [3.05, 3.63) is 76.6 Å². The van der Waals surface area contributed by atoms with Gasteiger partial charge in [-0.2, -0.15) is 0 Å². The number of ketones is 1. The van der Waals surface area contributed by atoms with Gasteiger partial charge in [0, 0.05) is 33.9 Å². The maximum Gasteiger partial charge on any atom is 0.306 e. The molecule has 0 fully saturated rings. The standard InChI is InChI=1S/C27H27N3O6S/c1-4-17(27(33)34)12-22-24(28-15(2)25(22)16(3)31)14-21-20-13-18(10-11-23(20)29-26(21)32)30-37(35,36)19-8-6-5-7-9-19/h5-11,13-14,17,28,30H,4,12H2,1-3H3,(H,29,32)(H,33,34). The highest BCUT2D eigenvalue weighted by atomic mass is 32.2. The van der Waals surface area contributed by atoms with Gasteiger partial charge in [0.25, 0.3) is 15.9 Å². The van der Waals surface area contributed by atoms with Gasteiger partial charge in [0.15, 0.2) is 5.78 Å². The number of benzene rings is 2. The summed E-state index contributed by atoms with van der Waals surface area (Å²) >= 11 is 0. The molecule has 0 saturated carbocycles. The third-order valence-corrected chi connectivity index (χ3v) is 7.76. The number of amides is 1. The second-order valence-corrected chi connectivity index (χ2v) is 10.6. The van der Waals surface area contributed by atoms with Crippen molar-refractivity contribution in [3.63, 3.8) is 0 Å². The highest BCUT2D eigenvalue weighted by Gasteiger charge is 2.28. The topological polar surface area (TPSA) is 145 Å². The van der Waals surface area contributed by atoms with Crippen LogP contribution in [0.1, 0.15) is 53.1 Å². The van der Waals surface area contributed by atoms with Crippen molar-refractivity contribution in [2.45, 2.75) is 38.5 Å². The molecule has 192 valence electrons. The zero-order chi connectivity index (χ0) is 26.9. The van der Waals surface area contributed by atoms with Gasteiger partial charge in [-0.15, -0.1) is 0 Å². The summed E-state index contributed by atoms with van der Waals surface area (Å²) in [7, 11) is -3.84. The van der Waals surface area contributed by atoms with Gasteiger partial charge in [-0.05, 0) is 68.7 Å². The fraction of sp³-hybridized carbons (Fsp3) is 0.222.